The molecule has 3 nitrogen and oxygen atoms in total. The fourth-order valence-electron chi connectivity index (χ4n) is 2.74. The van der Waals surface area contributed by atoms with E-state index in [0.29, 0.717) is 0 Å². The molecule has 2 aromatic carbocycles. The number of rotatable bonds is 3. The highest BCUT2D eigenvalue weighted by atomic mass is 16.6. The molecule has 1 aliphatic rings. The number of hydrogen-bond acceptors (Lipinski definition) is 3. The Labute approximate surface area is 130 Å². The van der Waals surface area contributed by atoms with Crippen LogP contribution in [0.25, 0.3) is 0 Å². The highest BCUT2D eigenvalue weighted by Gasteiger charge is 2.29. The number of esters is 1. The summed E-state index contributed by atoms with van der Waals surface area (Å²) >= 11 is 0. The summed E-state index contributed by atoms with van der Waals surface area (Å²) in [5.41, 5.74) is 2.24. The molecule has 0 fully saturated rings. The van der Waals surface area contributed by atoms with E-state index in [-0.39, 0.29) is 17.8 Å². The zero-order valence-corrected chi connectivity index (χ0v) is 12.4. The standard InChI is InChI=1S/C19H18O3/c1-21-19(20)18-13-16(14-8-4-2-5-9-14)12-17(22-18)15-10-6-3-7-11-15/h2-11,13,16-17H,12H2,1H3/t16-,17+/m1/s1. The Morgan fingerprint density at radius 2 is 1.59 bits per heavy atom. The van der Waals surface area contributed by atoms with Crippen molar-refractivity contribution in [1.29, 1.82) is 0 Å². The van der Waals surface area contributed by atoms with Crippen LogP contribution in [-0.2, 0) is 14.3 Å². The Morgan fingerprint density at radius 3 is 2.18 bits per heavy atom. The van der Waals surface area contributed by atoms with Gasteiger partial charge in [0.25, 0.3) is 0 Å². The number of ether oxygens (including phenoxy) is 2. The van der Waals surface area contributed by atoms with Crippen molar-refractivity contribution in [3.8, 4) is 0 Å². The van der Waals surface area contributed by atoms with Crippen molar-refractivity contribution >= 4 is 5.97 Å². The van der Waals surface area contributed by atoms with E-state index in [1.165, 1.54) is 12.7 Å². The summed E-state index contributed by atoms with van der Waals surface area (Å²) in [6, 6.07) is 20.1. The van der Waals surface area contributed by atoms with Crippen molar-refractivity contribution in [3.05, 3.63) is 83.6 Å². The van der Waals surface area contributed by atoms with Crippen molar-refractivity contribution in [2.75, 3.05) is 7.11 Å². The van der Waals surface area contributed by atoms with Gasteiger partial charge in [0.1, 0.15) is 6.10 Å². The second-order valence-corrected chi connectivity index (χ2v) is 5.29. The smallest absolute Gasteiger partial charge is 0.373 e. The predicted molar refractivity (Wildman–Crippen MR) is 84.2 cm³/mol. The molecular weight excluding hydrogens is 276 g/mol. The molecule has 1 heterocycles. The van der Waals surface area contributed by atoms with Gasteiger partial charge in [-0.25, -0.2) is 4.79 Å². The van der Waals surface area contributed by atoms with Crippen LogP contribution in [0.2, 0.25) is 0 Å². The van der Waals surface area contributed by atoms with E-state index in [4.69, 9.17) is 9.47 Å². The van der Waals surface area contributed by atoms with E-state index >= 15 is 0 Å². The van der Waals surface area contributed by atoms with Crippen molar-refractivity contribution in [3.63, 3.8) is 0 Å². The third-order valence-corrected chi connectivity index (χ3v) is 3.88. The van der Waals surface area contributed by atoms with Crippen LogP contribution in [0.1, 0.15) is 29.6 Å². The number of hydrogen-bond donors (Lipinski definition) is 0. The Morgan fingerprint density at radius 1 is 1.00 bits per heavy atom. The van der Waals surface area contributed by atoms with Gasteiger partial charge in [0.15, 0.2) is 0 Å². The van der Waals surface area contributed by atoms with E-state index in [1.54, 1.807) is 0 Å². The summed E-state index contributed by atoms with van der Waals surface area (Å²) in [5, 5.41) is 0. The molecule has 0 saturated heterocycles. The van der Waals surface area contributed by atoms with E-state index in [2.05, 4.69) is 12.1 Å². The molecule has 22 heavy (non-hydrogen) atoms. The lowest BCUT2D eigenvalue weighted by Crippen LogP contribution is -2.20. The third-order valence-electron chi connectivity index (χ3n) is 3.88. The van der Waals surface area contributed by atoms with Gasteiger partial charge in [-0.3, -0.25) is 0 Å². The molecule has 0 N–H and O–H groups in total. The largest absolute Gasteiger partial charge is 0.479 e. The van der Waals surface area contributed by atoms with Gasteiger partial charge >= 0.3 is 5.97 Å². The molecule has 0 aliphatic carbocycles. The topological polar surface area (TPSA) is 35.5 Å². The number of allylic oxidation sites excluding steroid dienone is 1. The fraction of sp³-hybridized carbons (Fsp3) is 0.211. The first kappa shape index (κ1) is 14.4. The Kier molecular flexibility index (Phi) is 4.24. The zero-order chi connectivity index (χ0) is 15.4. The lowest BCUT2D eigenvalue weighted by molar-refractivity contribution is -0.142. The minimum Gasteiger partial charge on any atom is -0.479 e. The van der Waals surface area contributed by atoms with E-state index in [0.717, 1.165) is 12.0 Å². The Bertz CT molecular complexity index is 662. The van der Waals surface area contributed by atoms with Gasteiger partial charge in [0, 0.05) is 5.92 Å². The lowest BCUT2D eigenvalue weighted by Gasteiger charge is -2.29. The van der Waals surface area contributed by atoms with Crippen LogP contribution in [0.5, 0.6) is 0 Å². The van der Waals surface area contributed by atoms with Crippen molar-refractivity contribution in [2.45, 2.75) is 18.4 Å². The van der Waals surface area contributed by atoms with Crippen molar-refractivity contribution < 1.29 is 14.3 Å². The van der Waals surface area contributed by atoms with E-state index in [9.17, 15) is 4.79 Å². The summed E-state index contributed by atoms with van der Waals surface area (Å²) in [6.45, 7) is 0. The van der Waals surface area contributed by atoms with Gasteiger partial charge in [0.2, 0.25) is 5.76 Å². The van der Waals surface area contributed by atoms with Crippen LogP contribution in [0.15, 0.2) is 72.5 Å². The van der Waals surface area contributed by atoms with Crippen LogP contribution >= 0.6 is 0 Å². The summed E-state index contributed by atoms with van der Waals surface area (Å²) in [4.78, 5) is 11.9. The molecule has 0 amide bonds. The van der Waals surface area contributed by atoms with Crippen molar-refractivity contribution in [2.24, 2.45) is 0 Å². The minimum atomic E-state index is -0.429. The molecule has 1 aliphatic heterocycles. The molecule has 2 atom stereocenters. The first-order chi connectivity index (χ1) is 10.8. The predicted octanol–water partition coefficient (Wildman–Crippen LogP) is 3.99. The van der Waals surface area contributed by atoms with E-state index in [1.807, 2.05) is 54.6 Å². The Balaban J connectivity index is 1.94. The second-order valence-electron chi connectivity index (χ2n) is 5.29. The van der Waals surface area contributed by atoms with Crippen LogP contribution in [0.4, 0.5) is 0 Å². The molecule has 0 bridgehead atoms. The fourth-order valence-corrected chi connectivity index (χ4v) is 2.74. The Hall–Kier alpha value is -2.55. The third kappa shape index (κ3) is 3.03. The molecule has 3 rings (SSSR count). The van der Waals surface area contributed by atoms with Gasteiger partial charge < -0.3 is 9.47 Å². The first-order valence-corrected chi connectivity index (χ1v) is 7.34. The first-order valence-electron chi connectivity index (χ1n) is 7.34. The van der Waals surface area contributed by atoms with Gasteiger partial charge in [-0.15, -0.1) is 0 Å². The normalized spacial score (nSPS) is 20.7. The number of carbonyl (C=O) groups is 1. The maximum atomic E-state index is 11.9. The van der Waals surface area contributed by atoms with E-state index < -0.39 is 5.97 Å². The van der Waals surface area contributed by atoms with Crippen molar-refractivity contribution in [1.82, 2.24) is 0 Å². The van der Waals surface area contributed by atoms with Gasteiger partial charge in [-0.05, 0) is 23.6 Å². The number of carbonyl (C=O) groups excluding carboxylic acids is 1. The molecule has 0 aromatic heterocycles. The van der Waals surface area contributed by atoms with Gasteiger partial charge in [-0.1, -0.05) is 60.7 Å². The summed E-state index contributed by atoms with van der Waals surface area (Å²) < 4.78 is 10.7. The van der Waals surface area contributed by atoms with Crippen LogP contribution < -0.4 is 0 Å². The minimum absolute atomic E-state index is 0.134. The summed E-state index contributed by atoms with van der Waals surface area (Å²) in [7, 11) is 1.37. The maximum absolute atomic E-state index is 11.9. The molecule has 3 heteroatoms. The monoisotopic (exact) mass is 294 g/mol. The number of methoxy groups -OCH3 is 1. The highest BCUT2D eigenvalue weighted by Crippen LogP contribution is 2.38. The van der Waals surface area contributed by atoms with Gasteiger partial charge in [-0.2, -0.15) is 0 Å². The molecule has 0 saturated carbocycles. The SMILES string of the molecule is COC(=O)C1=C[C@H](c2ccccc2)C[C@@H](c2ccccc2)O1. The maximum Gasteiger partial charge on any atom is 0.373 e. The lowest BCUT2D eigenvalue weighted by atomic mass is 9.88. The molecule has 0 unspecified atom stereocenters. The molecular formula is C19H18O3. The highest BCUT2D eigenvalue weighted by molar-refractivity contribution is 5.86. The zero-order valence-electron chi connectivity index (χ0n) is 12.4. The van der Waals surface area contributed by atoms with Crippen LogP contribution in [0, 0.1) is 0 Å². The molecule has 0 radical (unpaired) electrons. The molecule has 2 aromatic rings. The average Bonchev–Trinajstić information content (AvgIpc) is 2.62. The molecule has 112 valence electrons. The quantitative estimate of drug-likeness (QED) is 0.803. The van der Waals surface area contributed by atoms with Gasteiger partial charge in [0.05, 0.1) is 7.11 Å². The van der Waals surface area contributed by atoms with Crippen LogP contribution in [-0.4, -0.2) is 13.1 Å². The van der Waals surface area contributed by atoms with Crippen LogP contribution in [0.3, 0.4) is 0 Å². The average molecular weight is 294 g/mol. The molecule has 0 spiro atoms. The summed E-state index contributed by atoms with van der Waals surface area (Å²) in [6.07, 6.45) is 2.51. The number of benzene rings is 2. The second kappa shape index (κ2) is 6.48. The summed E-state index contributed by atoms with van der Waals surface area (Å²) in [5.74, 6) is -0.00715.